The van der Waals surface area contributed by atoms with E-state index < -0.39 is 10.0 Å². The lowest BCUT2D eigenvalue weighted by Gasteiger charge is -2.08. The topological polar surface area (TPSA) is 95.2 Å². The molecule has 3 aromatic rings. The van der Waals surface area contributed by atoms with Crippen molar-refractivity contribution in [3.8, 4) is 11.4 Å². The number of hydrogen-bond acceptors (Lipinski definition) is 5. The Bertz CT molecular complexity index is 1160. The predicted octanol–water partition coefficient (Wildman–Crippen LogP) is 1.90. The van der Waals surface area contributed by atoms with Gasteiger partial charge >= 0.3 is 5.69 Å². The number of ether oxygens (including phenoxy) is 1. The van der Waals surface area contributed by atoms with Crippen LogP contribution in [0.3, 0.4) is 0 Å². The van der Waals surface area contributed by atoms with Gasteiger partial charge in [-0.1, -0.05) is 24.3 Å². The molecule has 29 heavy (non-hydrogen) atoms. The molecule has 1 fully saturated rings. The number of aromatic nitrogens is 3. The first kappa shape index (κ1) is 19.4. The summed E-state index contributed by atoms with van der Waals surface area (Å²) in [5.41, 5.74) is 0.501. The number of sulfonamides is 1. The Morgan fingerprint density at radius 3 is 2.59 bits per heavy atom. The summed E-state index contributed by atoms with van der Waals surface area (Å²) in [5.74, 6) is 1.47. The summed E-state index contributed by atoms with van der Waals surface area (Å²) in [6.45, 7) is 0.191. The standard InChI is InChI=1S/C20H22N4O4S/c1-28-17-8-5-9-18(14-17)29(26,27)21-12-13-23-20(25)24(16-6-3-2-4-7-16)19(22-23)15-10-11-15/h2-9,14-15,21H,10-13H2,1H3. The van der Waals surface area contributed by atoms with Crippen LogP contribution in [0.2, 0.25) is 0 Å². The second-order valence-corrected chi connectivity index (χ2v) is 8.65. The van der Waals surface area contributed by atoms with Gasteiger partial charge in [-0.25, -0.2) is 27.2 Å². The number of hydrogen-bond donors (Lipinski definition) is 1. The van der Waals surface area contributed by atoms with Crippen molar-refractivity contribution >= 4 is 10.0 Å². The number of nitrogens with one attached hydrogen (secondary N) is 1. The molecule has 4 rings (SSSR count). The molecule has 0 amide bonds. The highest BCUT2D eigenvalue weighted by Gasteiger charge is 2.31. The van der Waals surface area contributed by atoms with Crippen LogP contribution < -0.4 is 15.1 Å². The minimum atomic E-state index is -3.72. The monoisotopic (exact) mass is 414 g/mol. The first-order valence-electron chi connectivity index (χ1n) is 9.38. The van der Waals surface area contributed by atoms with Crippen molar-refractivity contribution in [1.82, 2.24) is 19.1 Å². The zero-order valence-electron chi connectivity index (χ0n) is 16.0. The summed E-state index contributed by atoms with van der Waals surface area (Å²) in [5, 5.41) is 4.48. The molecular weight excluding hydrogens is 392 g/mol. The van der Waals surface area contributed by atoms with Gasteiger partial charge in [0.25, 0.3) is 0 Å². The Hall–Kier alpha value is -2.91. The van der Waals surface area contributed by atoms with Crippen LogP contribution >= 0.6 is 0 Å². The maximum Gasteiger partial charge on any atom is 0.350 e. The van der Waals surface area contributed by atoms with E-state index >= 15 is 0 Å². The lowest BCUT2D eigenvalue weighted by Crippen LogP contribution is -2.32. The highest BCUT2D eigenvalue weighted by Crippen LogP contribution is 2.39. The van der Waals surface area contributed by atoms with Crippen molar-refractivity contribution in [2.24, 2.45) is 0 Å². The van der Waals surface area contributed by atoms with Gasteiger partial charge in [-0.3, -0.25) is 0 Å². The Kier molecular flexibility index (Phi) is 5.25. The molecule has 1 aliphatic carbocycles. The molecule has 0 saturated heterocycles. The van der Waals surface area contributed by atoms with Crippen LogP contribution in [0.5, 0.6) is 5.75 Å². The minimum absolute atomic E-state index is 0.0510. The van der Waals surface area contributed by atoms with Gasteiger partial charge in [0.15, 0.2) is 0 Å². The summed E-state index contributed by atoms with van der Waals surface area (Å²) in [7, 11) is -2.24. The molecule has 0 spiro atoms. The summed E-state index contributed by atoms with van der Waals surface area (Å²) in [4.78, 5) is 13.0. The zero-order chi connectivity index (χ0) is 20.4. The van der Waals surface area contributed by atoms with E-state index in [2.05, 4.69) is 9.82 Å². The van der Waals surface area contributed by atoms with Crippen molar-refractivity contribution in [3.05, 3.63) is 70.9 Å². The summed E-state index contributed by atoms with van der Waals surface area (Å²) < 4.78 is 35.6. The Labute approximate surface area is 168 Å². The lowest BCUT2D eigenvalue weighted by molar-refractivity contribution is 0.413. The molecule has 1 saturated carbocycles. The van der Waals surface area contributed by atoms with E-state index in [1.807, 2.05) is 30.3 Å². The molecule has 0 bridgehead atoms. The molecule has 1 aliphatic rings. The van der Waals surface area contributed by atoms with Crippen molar-refractivity contribution in [3.63, 3.8) is 0 Å². The van der Waals surface area contributed by atoms with Crippen LogP contribution in [0.15, 0.2) is 64.3 Å². The maximum absolute atomic E-state index is 12.9. The molecule has 0 atom stereocenters. The molecule has 9 heteroatoms. The van der Waals surface area contributed by atoms with Crippen LogP contribution in [-0.2, 0) is 16.6 Å². The quantitative estimate of drug-likeness (QED) is 0.607. The molecular formula is C20H22N4O4S. The van der Waals surface area contributed by atoms with E-state index in [1.165, 1.54) is 23.9 Å². The first-order valence-corrected chi connectivity index (χ1v) is 10.9. The average Bonchev–Trinajstić information content (AvgIpc) is 3.53. The van der Waals surface area contributed by atoms with E-state index in [9.17, 15) is 13.2 Å². The normalized spacial score (nSPS) is 14.1. The van der Waals surface area contributed by atoms with E-state index in [0.29, 0.717) is 5.75 Å². The minimum Gasteiger partial charge on any atom is -0.497 e. The van der Waals surface area contributed by atoms with Crippen LogP contribution in [0.1, 0.15) is 24.6 Å². The van der Waals surface area contributed by atoms with Gasteiger partial charge < -0.3 is 4.74 Å². The molecule has 8 nitrogen and oxygen atoms in total. The van der Waals surface area contributed by atoms with Gasteiger partial charge in [-0.2, -0.15) is 5.10 Å². The van der Waals surface area contributed by atoms with Gasteiger partial charge in [0.05, 0.1) is 24.2 Å². The maximum atomic E-state index is 12.9. The number of methoxy groups -OCH3 is 1. The molecule has 1 aromatic heterocycles. The van der Waals surface area contributed by atoms with Gasteiger partial charge in [-0.05, 0) is 37.1 Å². The zero-order valence-corrected chi connectivity index (χ0v) is 16.8. The molecule has 0 radical (unpaired) electrons. The molecule has 1 N–H and O–H groups in total. The van der Waals surface area contributed by atoms with Crippen LogP contribution in [0.4, 0.5) is 0 Å². The summed E-state index contributed by atoms with van der Waals surface area (Å²) in [6, 6.07) is 15.6. The summed E-state index contributed by atoms with van der Waals surface area (Å²) in [6.07, 6.45) is 2.01. The molecule has 152 valence electrons. The number of rotatable bonds is 8. The van der Waals surface area contributed by atoms with Gasteiger partial charge in [0.2, 0.25) is 10.0 Å². The molecule has 2 aromatic carbocycles. The average molecular weight is 414 g/mol. The van der Waals surface area contributed by atoms with E-state index in [0.717, 1.165) is 24.4 Å². The first-order chi connectivity index (χ1) is 14.0. The second-order valence-electron chi connectivity index (χ2n) is 6.89. The van der Waals surface area contributed by atoms with Crippen molar-refractivity contribution in [2.45, 2.75) is 30.2 Å². The highest BCUT2D eigenvalue weighted by atomic mass is 32.2. The SMILES string of the molecule is COc1cccc(S(=O)(=O)NCCn2nc(C3CC3)n(-c3ccccc3)c2=O)c1. The Balaban J connectivity index is 1.52. The number of nitrogens with zero attached hydrogens (tertiary/aromatic N) is 3. The van der Waals surface area contributed by atoms with Crippen molar-refractivity contribution < 1.29 is 13.2 Å². The van der Waals surface area contributed by atoms with Crippen LogP contribution in [0.25, 0.3) is 5.69 Å². The number of benzene rings is 2. The Morgan fingerprint density at radius 1 is 1.14 bits per heavy atom. The van der Waals surface area contributed by atoms with Gasteiger partial charge in [0, 0.05) is 18.5 Å². The fraction of sp³-hybridized carbons (Fsp3) is 0.300. The van der Waals surface area contributed by atoms with E-state index in [4.69, 9.17) is 4.74 Å². The van der Waals surface area contributed by atoms with E-state index in [1.54, 1.807) is 16.7 Å². The summed E-state index contributed by atoms with van der Waals surface area (Å²) >= 11 is 0. The highest BCUT2D eigenvalue weighted by molar-refractivity contribution is 7.89. The third-order valence-corrected chi connectivity index (χ3v) is 6.25. The number of para-hydroxylation sites is 1. The van der Waals surface area contributed by atoms with Crippen molar-refractivity contribution in [1.29, 1.82) is 0 Å². The third kappa shape index (κ3) is 4.10. The van der Waals surface area contributed by atoms with Crippen LogP contribution in [0, 0.1) is 0 Å². The molecule has 1 heterocycles. The van der Waals surface area contributed by atoms with Gasteiger partial charge in [0.1, 0.15) is 11.6 Å². The molecule has 0 aliphatic heterocycles. The van der Waals surface area contributed by atoms with Crippen molar-refractivity contribution in [2.75, 3.05) is 13.7 Å². The molecule has 0 unspecified atom stereocenters. The Morgan fingerprint density at radius 2 is 1.90 bits per heavy atom. The second kappa shape index (κ2) is 7.84. The largest absolute Gasteiger partial charge is 0.497 e. The lowest BCUT2D eigenvalue weighted by atomic mass is 10.3. The van der Waals surface area contributed by atoms with E-state index in [-0.39, 0.29) is 29.6 Å². The fourth-order valence-electron chi connectivity index (χ4n) is 3.13. The van der Waals surface area contributed by atoms with Gasteiger partial charge in [-0.15, -0.1) is 0 Å². The smallest absolute Gasteiger partial charge is 0.350 e. The fourth-order valence-corrected chi connectivity index (χ4v) is 4.19. The third-order valence-electron chi connectivity index (χ3n) is 4.79. The van der Waals surface area contributed by atoms with Crippen LogP contribution in [-0.4, -0.2) is 36.4 Å². The predicted molar refractivity (Wildman–Crippen MR) is 108 cm³/mol.